The normalized spacial score (nSPS) is 21.4. The second-order valence-electron chi connectivity index (χ2n) is 6.86. The minimum absolute atomic E-state index is 0.0748. The van der Waals surface area contributed by atoms with E-state index < -0.39 is 0 Å². The van der Waals surface area contributed by atoms with Gasteiger partial charge in [-0.2, -0.15) is 10.5 Å². The molecule has 29 heavy (non-hydrogen) atoms. The van der Waals surface area contributed by atoms with Crippen LogP contribution >= 0.6 is 0 Å². The van der Waals surface area contributed by atoms with E-state index in [2.05, 4.69) is 12.1 Å². The van der Waals surface area contributed by atoms with Crippen molar-refractivity contribution < 1.29 is 23.7 Å². The molecule has 4 rings (SSSR count). The minimum atomic E-state index is -0.340. The van der Waals surface area contributed by atoms with Crippen LogP contribution in [0.5, 0.6) is 11.5 Å². The van der Waals surface area contributed by atoms with Crippen molar-refractivity contribution >= 4 is 0 Å². The minimum Gasteiger partial charge on any atom is -0.495 e. The van der Waals surface area contributed by atoms with Crippen molar-refractivity contribution in [2.24, 2.45) is 0 Å². The van der Waals surface area contributed by atoms with Crippen LogP contribution < -0.4 is 9.47 Å². The van der Waals surface area contributed by atoms with E-state index in [1.54, 1.807) is 12.1 Å². The molecule has 2 aliphatic rings. The quantitative estimate of drug-likeness (QED) is 0.637. The van der Waals surface area contributed by atoms with Crippen molar-refractivity contribution in [1.82, 2.24) is 0 Å². The molecule has 0 radical (unpaired) electrons. The lowest BCUT2D eigenvalue weighted by Gasteiger charge is -2.24. The Bertz CT molecular complexity index is 906. The van der Waals surface area contributed by atoms with Crippen LogP contribution in [-0.4, -0.2) is 39.6 Å². The standard InChI is InChI=1S/C22H20N2O5/c1-25-17-7-13(3-5-15(17)9-23)21(19-11-27-19)29-22(20-12-28-20)14-4-6-16(10-24)18(8-14)26-2/h3-8,19-22H,11-12H2,1-2H3. The fourth-order valence-electron chi connectivity index (χ4n) is 3.33. The lowest BCUT2D eigenvalue weighted by molar-refractivity contribution is -0.0420. The van der Waals surface area contributed by atoms with E-state index in [0.29, 0.717) is 35.8 Å². The van der Waals surface area contributed by atoms with Crippen molar-refractivity contribution in [3.63, 3.8) is 0 Å². The molecular weight excluding hydrogens is 372 g/mol. The molecule has 4 atom stereocenters. The molecule has 0 aromatic heterocycles. The van der Waals surface area contributed by atoms with Gasteiger partial charge in [0.25, 0.3) is 0 Å². The lowest BCUT2D eigenvalue weighted by Crippen LogP contribution is -2.19. The van der Waals surface area contributed by atoms with E-state index in [9.17, 15) is 10.5 Å². The lowest BCUT2D eigenvalue weighted by atomic mass is 10.0. The Morgan fingerprint density at radius 1 is 0.828 bits per heavy atom. The maximum atomic E-state index is 9.23. The first-order valence-corrected chi connectivity index (χ1v) is 9.23. The number of ether oxygens (including phenoxy) is 5. The Labute approximate surface area is 168 Å². The van der Waals surface area contributed by atoms with Gasteiger partial charge in [-0.1, -0.05) is 12.1 Å². The third kappa shape index (κ3) is 4.03. The highest BCUT2D eigenvalue weighted by molar-refractivity contribution is 5.47. The van der Waals surface area contributed by atoms with Gasteiger partial charge in [0.05, 0.1) is 38.6 Å². The van der Waals surface area contributed by atoms with E-state index in [0.717, 1.165) is 11.1 Å². The molecular formula is C22H20N2O5. The van der Waals surface area contributed by atoms with Gasteiger partial charge in [-0.3, -0.25) is 0 Å². The molecule has 2 fully saturated rings. The molecule has 7 nitrogen and oxygen atoms in total. The summed E-state index contributed by atoms with van der Waals surface area (Å²) in [5.74, 6) is 0.997. The predicted octanol–water partition coefficient (Wildman–Crippen LogP) is 3.04. The molecule has 2 saturated heterocycles. The van der Waals surface area contributed by atoms with E-state index in [4.69, 9.17) is 23.7 Å². The van der Waals surface area contributed by atoms with Crippen LogP contribution in [0.15, 0.2) is 36.4 Å². The van der Waals surface area contributed by atoms with Gasteiger partial charge in [-0.25, -0.2) is 0 Å². The largest absolute Gasteiger partial charge is 0.495 e. The Kier molecular flexibility index (Phi) is 5.37. The van der Waals surface area contributed by atoms with Crippen LogP contribution in [0.1, 0.15) is 34.5 Å². The second-order valence-corrected chi connectivity index (χ2v) is 6.86. The zero-order chi connectivity index (χ0) is 20.4. The summed E-state index contributed by atoms with van der Waals surface area (Å²) >= 11 is 0. The van der Waals surface area contributed by atoms with Gasteiger partial charge < -0.3 is 23.7 Å². The highest BCUT2D eigenvalue weighted by Gasteiger charge is 2.42. The van der Waals surface area contributed by atoms with Crippen molar-refractivity contribution in [2.75, 3.05) is 27.4 Å². The first-order valence-electron chi connectivity index (χ1n) is 9.23. The average molecular weight is 392 g/mol. The van der Waals surface area contributed by atoms with Crippen molar-refractivity contribution in [2.45, 2.75) is 24.4 Å². The van der Waals surface area contributed by atoms with Crippen molar-refractivity contribution in [3.05, 3.63) is 58.7 Å². The number of hydrogen-bond donors (Lipinski definition) is 0. The van der Waals surface area contributed by atoms with Crippen LogP contribution in [0.25, 0.3) is 0 Å². The summed E-state index contributed by atoms with van der Waals surface area (Å²) in [5.41, 5.74) is 2.67. The molecule has 0 amide bonds. The molecule has 0 N–H and O–H groups in total. The Hall–Kier alpha value is -3.10. The van der Waals surface area contributed by atoms with Crippen LogP contribution in [0.3, 0.4) is 0 Å². The summed E-state index contributed by atoms with van der Waals surface area (Å²) in [7, 11) is 3.07. The van der Waals surface area contributed by atoms with E-state index in [1.165, 1.54) is 14.2 Å². The number of nitriles is 2. The van der Waals surface area contributed by atoms with E-state index >= 15 is 0 Å². The second kappa shape index (κ2) is 8.10. The molecule has 0 bridgehead atoms. The van der Waals surface area contributed by atoms with Gasteiger partial charge >= 0.3 is 0 Å². The zero-order valence-electron chi connectivity index (χ0n) is 16.1. The molecule has 2 aliphatic heterocycles. The summed E-state index contributed by atoms with van der Waals surface area (Å²) in [6.45, 7) is 1.20. The first kappa shape index (κ1) is 19.2. The summed E-state index contributed by atoms with van der Waals surface area (Å²) in [4.78, 5) is 0. The Morgan fingerprint density at radius 2 is 1.24 bits per heavy atom. The highest BCUT2D eigenvalue weighted by atomic mass is 16.6. The average Bonchev–Trinajstić information content (AvgIpc) is 3.67. The molecule has 4 unspecified atom stereocenters. The van der Waals surface area contributed by atoms with Crippen LogP contribution in [0.4, 0.5) is 0 Å². The SMILES string of the molecule is COc1cc(C(OC(c2ccc(C#N)c(OC)c2)C2CO2)C2CO2)ccc1C#N. The van der Waals surface area contributed by atoms with Gasteiger partial charge in [0.15, 0.2) is 0 Å². The number of benzene rings is 2. The van der Waals surface area contributed by atoms with Crippen LogP contribution in [0.2, 0.25) is 0 Å². The van der Waals surface area contributed by atoms with Gasteiger partial charge in [0.2, 0.25) is 0 Å². The summed E-state index contributed by atoms with van der Waals surface area (Å²) in [6, 6.07) is 15.0. The Balaban J connectivity index is 1.65. The topological polar surface area (TPSA) is 100 Å². The molecule has 2 aromatic rings. The number of rotatable bonds is 8. The fourth-order valence-corrected chi connectivity index (χ4v) is 3.33. The van der Waals surface area contributed by atoms with Gasteiger partial charge in [-0.15, -0.1) is 0 Å². The van der Waals surface area contributed by atoms with Crippen LogP contribution in [-0.2, 0) is 14.2 Å². The third-order valence-electron chi connectivity index (χ3n) is 5.04. The predicted molar refractivity (Wildman–Crippen MR) is 101 cm³/mol. The molecule has 0 aliphatic carbocycles. The fraction of sp³-hybridized carbons (Fsp3) is 0.364. The summed E-state index contributed by atoms with van der Waals surface area (Å²) in [6.07, 6.45) is -0.830. The van der Waals surface area contributed by atoms with Crippen LogP contribution in [0, 0.1) is 22.7 Å². The van der Waals surface area contributed by atoms with E-state index in [1.807, 2.05) is 24.3 Å². The monoisotopic (exact) mass is 392 g/mol. The molecule has 2 heterocycles. The third-order valence-corrected chi connectivity index (χ3v) is 5.04. The molecule has 2 aromatic carbocycles. The number of nitrogens with zero attached hydrogens (tertiary/aromatic N) is 2. The maximum Gasteiger partial charge on any atom is 0.136 e. The van der Waals surface area contributed by atoms with Crippen molar-refractivity contribution in [1.29, 1.82) is 10.5 Å². The number of methoxy groups -OCH3 is 2. The van der Waals surface area contributed by atoms with Gasteiger partial charge in [0.1, 0.15) is 48.1 Å². The Morgan fingerprint density at radius 3 is 1.55 bits per heavy atom. The molecule has 148 valence electrons. The van der Waals surface area contributed by atoms with Gasteiger partial charge in [0, 0.05) is 0 Å². The molecule has 0 saturated carbocycles. The molecule has 7 heteroatoms. The maximum absolute atomic E-state index is 9.23. The first-order chi connectivity index (χ1) is 14.2. The zero-order valence-corrected chi connectivity index (χ0v) is 16.1. The summed E-state index contributed by atoms with van der Waals surface area (Å²) in [5, 5.41) is 18.5. The van der Waals surface area contributed by atoms with Crippen molar-refractivity contribution in [3.8, 4) is 23.6 Å². The summed E-state index contributed by atoms with van der Waals surface area (Å²) < 4.78 is 28.2. The van der Waals surface area contributed by atoms with Gasteiger partial charge in [-0.05, 0) is 35.4 Å². The number of epoxide rings is 2. The molecule has 0 spiro atoms. The smallest absolute Gasteiger partial charge is 0.136 e. The number of hydrogen-bond acceptors (Lipinski definition) is 7. The van der Waals surface area contributed by atoms with E-state index in [-0.39, 0.29) is 24.4 Å². The highest BCUT2D eigenvalue weighted by Crippen LogP contribution is 2.42.